The summed E-state index contributed by atoms with van der Waals surface area (Å²) in [5.41, 5.74) is 7.22. The predicted octanol–water partition coefficient (Wildman–Crippen LogP) is 0.849. The molecule has 0 aliphatic carbocycles. The van der Waals surface area contributed by atoms with Crippen LogP contribution in [-0.2, 0) is 0 Å². The zero-order valence-corrected chi connectivity index (χ0v) is 10.8. The van der Waals surface area contributed by atoms with Crippen molar-refractivity contribution in [2.45, 2.75) is 13.3 Å². The SMILES string of the molecule is CCCOc1ccc(N)cc1N(CCO)CCO. The lowest BCUT2D eigenvalue weighted by molar-refractivity contribution is 0.278. The quantitative estimate of drug-likeness (QED) is 0.599. The third-order valence-electron chi connectivity index (χ3n) is 2.53. The molecule has 18 heavy (non-hydrogen) atoms. The highest BCUT2D eigenvalue weighted by Crippen LogP contribution is 2.30. The second-order valence-corrected chi connectivity index (χ2v) is 4.01. The van der Waals surface area contributed by atoms with E-state index in [0.29, 0.717) is 25.4 Å². The van der Waals surface area contributed by atoms with Crippen LogP contribution in [0.1, 0.15) is 13.3 Å². The first-order valence-corrected chi connectivity index (χ1v) is 6.22. The van der Waals surface area contributed by atoms with Crippen molar-refractivity contribution in [2.24, 2.45) is 0 Å². The molecule has 0 bridgehead atoms. The molecule has 1 aromatic rings. The first-order valence-electron chi connectivity index (χ1n) is 6.22. The Morgan fingerprint density at radius 1 is 1.22 bits per heavy atom. The minimum Gasteiger partial charge on any atom is -0.491 e. The fourth-order valence-corrected chi connectivity index (χ4v) is 1.71. The van der Waals surface area contributed by atoms with Gasteiger partial charge in [0, 0.05) is 18.8 Å². The summed E-state index contributed by atoms with van der Waals surface area (Å²) in [6, 6.07) is 5.41. The predicted molar refractivity (Wildman–Crippen MR) is 73.0 cm³/mol. The highest BCUT2D eigenvalue weighted by molar-refractivity contribution is 5.65. The Morgan fingerprint density at radius 2 is 1.89 bits per heavy atom. The van der Waals surface area contributed by atoms with Gasteiger partial charge in [0.2, 0.25) is 0 Å². The van der Waals surface area contributed by atoms with Gasteiger partial charge >= 0.3 is 0 Å². The molecule has 0 amide bonds. The Morgan fingerprint density at radius 3 is 2.44 bits per heavy atom. The smallest absolute Gasteiger partial charge is 0.142 e. The molecular weight excluding hydrogens is 232 g/mol. The zero-order chi connectivity index (χ0) is 13.4. The molecular formula is C13H22N2O3. The summed E-state index contributed by atoms with van der Waals surface area (Å²) < 4.78 is 5.65. The van der Waals surface area contributed by atoms with Crippen LogP contribution in [0.2, 0.25) is 0 Å². The number of rotatable bonds is 8. The molecule has 5 heteroatoms. The van der Waals surface area contributed by atoms with Gasteiger partial charge in [0.05, 0.1) is 25.5 Å². The van der Waals surface area contributed by atoms with Crippen LogP contribution >= 0.6 is 0 Å². The van der Waals surface area contributed by atoms with Gasteiger partial charge in [0.1, 0.15) is 5.75 Å². The maximum Gasteiger partial charge on any atom is 0.142 e. The Hall–Kier alpha value is -1.46. The van der Waals surface area contributed by atoms with E-state index in [1.54, 1.807) is 12.1 Å². The van der Waals surface area contributed by atoms with E-state index in [9.17, 15) is 0 Å². The van der Waals surface area contributed by atoms with E-state index < -0.39 is 0 Å². The molecule has 0 atom stereocenters. The molecule has 0 radical (unpaired) electrons. The van der Waals surface area contributed by atoms with Crippen LogP contribution in [0.3, 0.4) is 0 Å². The highest BCUT2D eigenvalue weighted by Gasteiger charge is 2.12. The van der Waals surface area contributed by atoms with Crippen molar-refractivity contribution in [3.63, 3.8) is 0 Å². The van der Waals surface area contributed by atoms with Crippen LogP contribution in [0.5, 0.6) is 5.75 Å². The van der Waals surface area contributed by atoms with Gasteiger partial charge < -0.3 is 25.6 Å². The van der Waals surface area contributed by atoms with Gasteiger partial charge in [-0.25, -0.2) is 0 Å². The Kier molecular flexibility index (Phi) is 6.32. The number of hydrogen-bond donors (Lipinski definition) is 3. The summed E-state index contributed by atoms with van der Waals surface area (Å²) in [4.78, 5) is 1.86. The lowest BCUT2D eigenvalue weighted by Gasteiger charge is -2.25. The second-order valence-electron chi connectivity index (χ2n) is 4.01. The van der Waals surface area contributed by atoms with Gasteiger partial charge in [-0.15, -0.1) is 0 Å². The van der Waals surface area contributed by atoms with Crippen LogP contribution in [0.4, 0.5) is 11.4 Å². The second kappa shape index (κ2) is 7.79. The van der Waals surface area contributed by atoms with Gasteiger partial charge in [-0.05, 0) is 24.6 Å². The van der Waals surface area contributed by atoms with E-state index in [4.69, 9.17) is 20.7 Å². The third-order valence-corrected chi connectivity index (χ3v) is 2.53. The number of aliphatic hydroxyl groups excluding tert-OH is 2. The van der Waals surface area contributed by atoms with E-state index >= 15 is 0 Å². The molecule has 4 N–H and O–H groups in total. The zero-order valence-electron chi connectivity index (χ0n) is 10.8. The normalized spacial score (nSPS) is 10.4. The Labute approximate surface area is 108 Å². The first kappa shape index (κ1) is 14.6. The van der Waals surface area contributed by atoms with Crippen LogP contribution in [0.15, 0.2) is 18.2 Å². The van der Waals surface area contributed by atoms with Crippen LogP contribution < -0.4 is 15.4 Å². The minimum absolute atomic E-state index is 0.0159. The highest BCUT2D eigenvalue weighted by atomic mass is 16.5. The standard InChI is InChI=1S/C13H22N2O3/c1-2-9-18-13-4-3-11(14)10-12(13)15(5-7-16)6-8-17/h3-4,10,16-17H,2,5-9,14H2,1H3. The lowest BCUT2D eigenvalue weighted by atomic mass is 10.2. The average molecular weight is 254 g/mol. The van der Waals surface area contributed by atoms with Gasteiger partial charge in [0.25, 0.3) is 0 Å². The molecule has 0 saturated carbocycles. The Balaban J connectivity index is 2.96. The fourth-order valence-electron chi connectivity index (χ4n) is 1.71. The van der Waals surface area contributed by atoms with Crippen LogP contribution in [-0.4, -0.2) is 43.1 Å². The van der Waals surface area contributed by atoms with Gasteiger partial charge in [0.15, 0.2) is 0 Å². The maximum atomic E-state index is 9.07. The van der Waals surface area contributed by atoms with E-state index in [2.05, 4.69) is 0 Å². The van der Waals surface area contributed by atoms with E-state index in [1.165, 1.54) is 0 Å². The largest absolute Gasteiger partial charge is 0.491 e. The third kappa shape index (κ3) is 4.09. The van der Waals surface area contributed by atoms with Crippen molar-refractivity contribution in [3.8, 4) is 5.75 Å². The van der Waals surface area contributed by atoms with Crippen molar-refractivity contribution >= 4 is 11.4 Å². The monoisotopic (exact) mass is 254 g/mol. The van der Waals surface area contributed by atoms with Crippen molar-refractivity contribution < 1.29 is 14.9 Å². The molecule has 0 aliphatic heterocycles. The fraction of sp³-hybridized carbons (Fsp3) is 0.538. The van der Waals surface area contributed by atoms with Crippen molar-refractivity contribution in [1.29, 1.82) is 0 Å². The maximum absolute atomic E-state index is 9.07. The number of ether oxygens (including phenoxy) is 1. The average Bonchev–Trinajstić information content (AvgIpc) is 2.37. The molecule has 0 fully saturated rings. The molecule has 1 aromatic carbocycles. The number of benzene rings is 1. The number of anilines is 2. The molecule has 0 aliphatic rings. The molecule has 5 nitrogen and oxygen atoms in total. The number of hydrogen-bond acceptors (Lipinski definition) is 5. The van der Waals surface area contributed by atoms with Gasteiger partial charge in [-0.1, -0.05) is 6.92 Å². The van der Waals surface area contributed by atoms with Crippen molar-refractivity contribution in [1.82, 2.24) is 0 Å². The number of aliphatic hydroxyl groups is 2. The molecule has 1 rings (SSSR count). The van der Waals surface area contributed by atoms with Crippen molar-refractivity contribution in [2.75, 3.05) is 43.5 Å². The number of nitrogen functional groups attached to an aromatic ring is 1. The number of nitrogens with two attached hydrogens (primary N) is 1. The summed E-state index contributed by atoms with van der Waals surface area (Å²) in [5, 5.41) is 18.1. The summed E-state index contributed by atoms with van der Waals surface area (Å²) in [5.74, 6) is 0.730. The summed E-state index contributed by atoms with van der Waals surface area (Å²) >= 11 is 0. The molecule has 0 heterocycles. The van der Waals surface area contributed by atoms with Crippen LogP contribution in [0.25, 0.3) is 0 Å². The Bertz CT molecular complexity index is 352. The van der Waals surface area contributed by atoms with E-state index in [0.717, 1.165) is 17.9 Å². The molecule has 0 saturated heterocycles. The summed E-state index contributed by atoms with van der Waals surface area (Å²) in [7, 11) is 0. The molecule has 102 valence electrons. The van der Waals surface area contributed by atoms with Gasteiger partial charge in [-0.2, -0.15) is 0 Å². The molecule has 0 unspecified atom stereocenters. The number of nitrogens with zero attached hydrogens (tertiary/aromatic N) is 1. The summed E-state index contributed by atoms with van der Waals surface area (Å²) in [6.45, 7) is 3.57. The minimum atomic E-state index is 0.0159. The van der Waals surface area contributed by atoms with E-state index in [-0.39, 0.29) is 13.2 Å². The molecule has 0 spiro atoms. The van der Waals surface area contributed by atoms with Gasteiger partial charge in [-0.3, -0.25) is 0 Å². The van der Waals surface area contributed by atoms with Crippen LogP contribution in [0, 0.1) is 0 Å². The molecule has 0 aromatic heterocycles. The van der Waals surface area contributed by atoms with Crippen molar-refractivity contribution in [3.05, 3.63) is 18.2 Å². The first-order chi connectivity index (χ1) is 8.72. The van der Waals surface area contributed by atoms with E-state index in [1.807, 2.05) is 17.9 Å². The summed E-state index contributed by atoms with van der Waals surface area (Å²) in [6.07, 6.45) is 0.920. The lowest BCUT2D eigenvalue weighted by Crippen LogP contribution is -2.30. The topological polar surface area (TPSA) is 79.0 Å².